The van der Waals surface area contributed by atoms with Crippen LogP contribution in [0, 0.1) is 5.82 Å². The molecule has 1 N–H and O–H groups in total. The average Bonchev–Trinajstić information content (AvgIpc) is 3.20. The van der Waals surface area contributed by atoms with E-state index in [1.807, 2.05) is 30.3 Å². The summed E-state index contributed by atoms with van der Waals surface area (Å²) in [5.41, 5.74) is 1.47. The van der Waals surface area contributed by atoms with E-state index in [1.165, 1.54) is 29.2 Å². The summed E-state index contributed by atoms with van der Waals surface area (Å²) >= 11 is 0. The van der Waals surface area contributed by atoms with Gasteiger partial charge in [0.1, 0.15) is 17.5 Å². The zero-order valence-corrected chi connectivity index (χ0v) is 16.6. The Morgan fingerprint density at radius 3 is 2.68 bits per heavy atom. The lowest BCUT2D eigenvalue weighted by Crippen LogP contribution is -2.26. The molecule has 0 saturated heterocycles. The summed E-state index contributed by atoms with van der Waals surface area (Å²) in [5, 5.41) is 7.33. The van der Waals surface area contributed by atoms with Gasteiger partial charge in [-0.1, -0.05) is 48.5 Å². The lowest BCUT2D eigenvalue weighted by molar-refractivity contribution is -0.116. The first kappa shape index (κ1) is 20.2. The van der Waals surface area contributed by atoms with E-state index in [9.17, 15) is 14.0 Å². The van der Waals surface area contributed by atoms with Gasteiger partial charge in [0, 0.05) is 18.2 Å². The topological polar surface area (TPSA) is 81.8 Å². The number of rotatable bonds is 7. The van der Waals surface area contributed by atoms with Crippen molar-refractivity contribution >= 4 is 23.0 Å². The van der Waals surface area contributed by atoms with Crippen molar-refractivity contribution in [3.63, 3.8) is 0 Å². The number of benzene rings is 2. The highest BCUT2D eigenvalue weighted by atomic mass is 19.1. The maximum absolute atomic E-state index is 13.9. The Balaban J connectivity index is 1.41. The molecule has 8 heteroatoms. The molecule has 156 valence electrons. The fourth-order valence-corrected chi connectivity index (χ4v) is 3.16. The molecule has 0 radical (unpaired) electrons. The van der Waals surface area contributed by atoms with Gasteiger partial charge in [0.2, 0.25) is 5.91 Å². The van der Waals surface area contributed by atoms with E-state index in [0.717, 1.165) is 5.56 Å². The molecule has 2 aromatic carbocycles. The Labute approximate surface area is 177 Å². The highest BCUT2D eigenvalue weighted by Gasteiger charge is 2.11. The molecule has 0 aliphatic carbocycles. The van der Waals surface area contributed by atoms with Crippen molar-refractivity contribution in [3.8, 4) is 0 Å². The summed E-state index contributed by atoms with van der Waals surface area (Å²) in [6.07, 6.45) is 6.03. The van der Waals surface area contributed by atoms with Gasteiger partial charge >= 0.3 is 0 Å². The number of carbonyl (C=O) groups excluding carboxylic acids is 1. The molecule has 2 heterocycles. The molecule has 0 bridgehead atoms. The van der Waals surface area contributed by atoms with Gasteiger partial charge in [0.05, 0.1) is 19.3 Å². The van der Waals surface area contributed by atoms with Gasteiger partial charge in [-0.25, -0.2) is 14.1 Å². The van der Waals surface area contributed by atoms with Gasteiger partial charge in [0.25, 0.3) is 5.56 Å². The van der Waals surface area contributed by atoms with Crippen molar-refractivity contribution in [2.24, 2.45) is 0 Å². The van der Waals surface area contributed by atoms with E-state index < -0.39 is 0 Å². The Morgan fingerprint density at radius 1 is 1.10 bits per heavy atom. The fraction of sp³-hybridized carbons (Fsp3) is 0.130. The molecular weight excluding hydrogens is 397 g/mol. The first-order valence-electron chi connectivity index (χ1n) is 9.77. The molecule has 0 spiro atoms. The van der Waals surface area contributed by atoms with E-state index in [2.05, 4.69) is 15.4 Å². The van der Waals surface area contributed by atoms with Crippen LogP contribution in [0.1, 0.15) is 11.1 Å². The predicted molar refractivity (Wildman–Crippen MR) is 116 cm³/mol. The summed E-state index contributed by atoms with van der Waals surface area (Å²) in [7, 11) is 0. The normalized spacial score (nSPS) is 11.3. The third-order valence-electron chi connectivity index (χ3n) is 4.77. The molecule has 1 amide bonds. The van der Waals surface area contributed by atoms with E-state index in [1.54, 1.807) is 29.0 Å². The van der Waals surface area contributed by atoms with Gasteiger partial charge in [-0.15, -0.1) is 0 Å². The number of fused-ring (bicyclic) bond motifs is 1. The zero-order valence-electron chi connectivity index (χ0n) is 16.6. The summed E-state index contributed by atoms with van der Waals surface area (Å²) in [6, 6.07) is 15.8. The van der Waals surface area contributed by atoms with Crippen molar-refractivity contribution in [2.45, 2.75) is 13.1 Å². The minimum atomic E-state index is -0.373. The monoisotopic (exact) mass is 417 g/mol. The van der Waals surface area contributed by atoms with Crippen LogP contribution < -0.4 is 10.9 Å². The first-order chi connectivity index (χ1) is 15.1. The lowest BCUT2D eigenvalue weighted by Gasteiger charge is -2.07. The number of amides is 1. The van der Waals surface area contributed by atoms with Gasteiger partial charge < -0.3 is 5.32 Å². The van der Waals surface area contributed by atoms with Crippen molar-refractivity contribution < 1.29 is 9.18 Å². The van der Waals surface area contributed by atoms with Crippen LogP contribution in [0.25, 0.3) is 17.1 Å². The molecule has 0 fully saturated rings. The van der Waals surface area contributed by atoms with E-state index >= 15 is 0 Å². The Kier molecular flexibility index (Phi) is 5.98. The summed E-state index contributed by atoms with van der Waals surface area (Å²) in [5.74, 6) is -0.595. The Bertz CT molecular complexity index is 1290. The van der Waals surface area contributed by atoms with Crippen LogP contribution in [-0.4, -0.2) is 31.8 Å². The van der Waals surface area contributed by atoms with E-state index in [0.29, 0.717) is 29.7 Å². The lowest BCUT2D eigenvalue weighted by atomic mass is 10.2. The van der Waals surface area contributed by atoms with Crippen LogP contribution in [0.2, 0.25) is 0 Å². The molecule has 4 aromatic rings. The number of halogens is 1. The quantitative estimate of drug-likeness (QED) is 0.469. The third kappa shape index (κ3) is 4.75. The van der Waals surface area contributed by atoms with Crippen LogP contribution in [-0.2, 0) is 17.9 Å². The standard InChI is InChI=1S/C23H20FN5O2/c24-20-9-5-4-8-18(20)15-28-16-26-22-19(23(28)31)14-27-29(22)13-12-25-21(30)11-10-17-6-2-1-3-7-17/h1-11,14,16H,12-13,15H2,(H,25,30)/b11-10-. The SMILES string of the molecule is O=C(/C=C\c1ccccc1)NCCn1ncc2c(=O)n(Cc3ccccc3F)cnc21. The number of hydrogen-bond donors (Lipinski definition) is 1. The Morgan fingerprint density at radius 2 is 1.87 bits per heavy atom. The molecular formula is C23H20FN5O2. The Hall–Kier alpha value is -4.07. The second-order valence-electron chi connectivity index (χ2n) is 6.91. The highest BCUT2D eigenvalue weighted by molar-refractivity contribution is 5.91. The fourth-order valence-electron chi connectivity index (χ4n) is 3.16. The molecule has 31 heavy (non-hydrogen) atoms. The van der Waals surface area contributed by atoms with Crippen LogP contribution in [0.5, 0.6) is 0 Å². The maximum atomic E-state index is 13.9. The molecule has 0 aliphatic heterocycles. The van der Waals surface area contributed by atoms with Crippen LogP contribution in [0.4, 0.5) is 4.39 Å². The average molecular weight is 417 g/mol. The van der Waals surface area contributed by atoms with E-state index in [-0.39, 0.29) is 23.8 Å². The molecule has 0 saturated carbocycles. The second kappa shape index (κ2) is 9.17. The number of nitrogens with zero attached hydrogens (tertiary/aromatic N) is 4. The van der Waals surface area contributed by atoms with Crippen molar-refractivity contribution in [1.82, 2.24) is 24.6 Å². The molecule has 4 rings (SSSR count). The molecule has 0 unspecified atom stereocenters. The summed E-state index contributed by atoms with van der Waals surface area (Å²) in [6.45, 7) is 0.774. The van der Waals surface area contributed by atoms with E-state index in [4.69, 9.17) is 0 Å². The van der Waals surface area contributed by atoms with Crippen LogP contribution in [0.15, 0.2) is 78.0 Å². The van der Waals surface area contributed by atoms with Gasteiger partial charge in [-0.05, 0) is 17.7 Å². The summed E-state index contributed by atoms with van der Waals surface area (Å²) in [4.78, 5) is 29.0. The minimum absolute atomic E-state index is 0.0867. The van der Waals surface area contributed by atoms with Crippen molar-refractivity contribution in [2.75, 3.05) is 6.54 Å². The van der Waals surface area contributed by atoms with Gasteiger partial charge in [-0.3, -0.25) is 14.2 Å². The summed E-state index contributed by atoms with van der Waals surface area (Å²) < 4.78 is 16.8. The number of hydrogen-bond acceptors (Lipinski definition) is 4. The number of carbonyl (C=O) groups is 1. The molecule has 0 atom stereocenters. The van der Waals surface area contributed by atoms with Gasteiger partial charge in [-0.2, -0.15) is 5.10 Å². The largest absolute Gasteiger partial charge is 0.351 e. The maximum Gasteiger partial charge on any atom is 0.264 e. The van der Waals surface area contributed by atoms with Crippen molar-refractivity contribution in [1.29, 1.82) is 0 Å². The van der Waals surface area contributed by atoms with Crippen molar-refractivity contribution in [3.05, 3.63) is 100 Å². The van der Waals surface area contributed by atoms with Crippen LogP contribution in [0.3, 0.4) is 0 Å². The third-order valence-corrected chi connectivity index (χ3v) is 4.77. The molecule has 0 aliphatic rings. The minimum Gasteiger partial charge on any atom is -0.351 e. The first-order valence-corrected chi connectivity index (χ1v) is 9.77. The number of nitrogens with one attached hydrogen (secondary N) is 1. The molecule has 7 nitrogen and oxygen atoms in total. The zero-order chi connectivity index (χ0) is 21.6. The molecule has 2 aromatic heterocycles. The number of aromatic nitrogens is 4. The smallest absolute Gasteiger partial charge is 0.264 e. The van der Waals surface area contributed by atoms with Gasteiger partial charge in [0.15, 0.2) is 5.65 Å². The second-order valence-corrected chi connectivity index (χ2v) is 6.91. The highest BCUT2D eigenvalue weighted by Crippen LogP contribution is 2.09. The predicted octanol–water partition coefficient (Wildman–Crippen LogP) is 2.61. The van der Waals surface area contributed by atoms with Crippen LogP contribution >= 0.6 is 0 Å².